The van der Waals surface area contributed by atoms with E-state index in [0.717, 1.165) is 19.2 Å². The molecule has 0 radical (unpaired) electrons. The summed E-state index contributed by atoms with van der Waals surface area (Å²) >= 11 is 0. The summed E-state index contributed by atoms with van der Waals surface area (Å²) in [4.78, 5) is 11.6. The van der Waals surface area contributed by atoms with Crippen molar-refractivity contribution in [3.8, 4) is 0 Å². The SMILES string of the molecule is Cc1ccc([C@@](O)(CCNC(=O)[C@H](C)S(C)(=O)=O)C(F)(F)F)o1. The molecule has 132 valence electrons. The average molecular weight is 357 g/mol. The Kier molecular flexibility index (Phi) is 5.53. The number of rotatable bonds is 6. The van der Waals surface area contributed by atoms with Crippen LogP contribution < -0.4 is 5.32 Å². The Morgan fingerprint density at radius 3 is 2.35 bits per heavy atom. The van der Waals surface area contributed by atoms with Crippen LogP contribution in [-0.4, -0.2) is 43.7 Å². The van der Waals surface area contributed by atoms with Gasteiger partial charge in [-0.2, -0.15) is 13.2 Å². The van der Waals surface area contributed by atoms with E-state index in [1.807, 2.05) is 0 Å². The zero-order valence-corrected chi connectivity index (χ0v) is 13.6. The summed E-state index contributed by atoms with van der Waals surface area (Å²) in [6, 6.07) is 2.28. The molecule has 23 heavy (non-hydrogen) atoms. The van der Waals surface area contributed by atoms with Gasteiger partial charge < -0.3 is 14.8 Å². The zero-order chi connectivity index (χ0) is 18.1. The molecule has 1 rings (SSSR count). The molecule has 0 fully saturated rings. The van der Waals surface area contributed by atoms with Crippen molar-refractivity contribution in [2.75, 3.05) is 12.8 Å². The molecule has 2 N–H and O–H groups in total. The molecule has 0 aliphatic rings. The normalized spacial score (nSPS) is 16.7. The number of hydrogen-bond acceptors (Lipinski definition) is 5. The summed E-state index contributed by atoms with van der Waals surface area (Å²) in [5.74, 6) is -1.43. The lowest BCUT2D eigenvalue weighted by molar-refractivity contribution is -0.274. The third-order valence-electron chi connectivity index (χ3n) is 3.41. The van der Waals surface area contributed by atoms with Gasteiger partial charge in [-0.3, -0.25) is 4.79 Å². The summed E-state index contributed by atoms with van der Waals surface area (Å²) < 4.78 is 66.7. The first-order valence-corrected chi connectivity index (χ1v) is 8.57. The van der Waals surface area contributed by atoms with Gasteiger partial charge in [0.25, 0.3) is 0 Å². The van der Waals surface area contributed by atoms with Crippen molar-refractivity contribution < 1.29 is 35.9 Å². The lowest BCUT2D eigenvalue weighted by atomic mass is 9.95. The molecule has 0 unspecified atom stereocenters. The maximum atomic E-state index is 13.2. The highest BCUT2D eigenvalue weighted by molar-refractivity contribution is 7.92. The number of furan rings is 1. The van der Waals surface area contributed by atoms with Crippen molar-refractivity contribution in [3.63, 3.8) is 0 Å². The van der Waals surface area contributed by atoms with E-state index in [1.54, 1.807) is 0 Å². The monoisotopic (exact) mass is 357 g/mol. The van der Waals surface area contributed by atoms with Gasteiger partial charge in [-0.25, -0.2) is 8.42 Å². The van der Waals surface area contributed by atoms with Crippen LogP contribution in [-0.2, 0) is 20.2 Å². The number of carbonyl (C=O) groups is 1. The van der Waals surface area contributed by atoms with E-state index in [9.17, 15) is 31.5 Å². The van der Waals surface area contributed by atoms with Crippen LogP contribution in [0.5, 0.6) is 0 Å². The molecule has 6 nitrogen and oxygen atoms in total. The summed E-state index contributed by atoms with van der Waals surface area (Å²) in [7, 11) is -3.66. The Morgan fingerprint density at radius 2 is 1.96 bits per heavy atom. The number of aryl methyl sites for hydroxylation is 1. The van der Waals surface area contributed by atoms with Crippen molar-refractivity contribution in [1.82, 2.24) is 5.32 Å². The standard InChI is InChI=1S/C13H18F3NO5S/c1-8-4-5-10(22-8)12(19,13(14,15)16)6-7-17-11(18)9(2)23(3,20)21/h4-5,9,19H,6-7H2,1-3H3,(H,17,18)/t9-,12-/m0/s1. The first-order valence-electron chi connectivity index (χ1n) is 6.61. The quantitative estimate of drug-likeness (QED) is 0.799. The smallest absolute Gasteiger partial charge is 0.424 e. The van der Waals surface area contributed by atoms with Crippen LogP contribution in [0.15, 0.2) is 16.5 Å². The molecule has 1 aromatic heterocycles. The number of nitrogens with one attached hydrogen (secondary N) is 1. The van der Waals surface area contributed by atoms with Gasteiger partial charge in [0.05, 0.1) is 0 Å². The Labute approximate surface area is 131 Å². The average Bonchev–Trinajstić information content (AvgIpc) is 2.82. The minimum atomic E-state index is -5.02. The van der Waals surface area contributed by atoms with Crippen molar-refractivity contribution in [1.29, 1.82) is 0 Å². The third kappa shape index (κ3) is 4.47. The van der Waals surface area contributed by atoms with Crippen LogP contribution in [0.2, 0.25) is 0 Å². The van der Waals surface area contributed by atoms with Crippen molar-refractivity contribution in [2.45, 2.75) is 37.3 Å². The largest absolute Gasteiger partial charge is 0.463 e. The maximum Gasteiger partial charge on any atom is 0.424 e. The molecule has 0 saturated carbocycles. The fourth-order valence-electron chi connectivity index (χ4n) is 1.77. The van der Waals surface area contributed by atoms with Crippen LogP contribution in [0.4, 0.5) is 13.2 Å². The van der Waals surface area contributed by atoms with Gasteiger partial charge >= 0.3 is 6.18 Å². The molecule has 0 aliphatic heterocycles. The Balaban J connectivity index is 2.84. The van der Waals surface area contributed by atoms with Crippen LogP contribution in [0.3, 0.4) is 0 Å². The van der Waals surface area contributed by atoms with E-state index < -0.39 is 51.5 Å². The number of alkyl halides is 3. The van der Waals surface area contributed by atoms with Gasteiger partial charge in [0, 0.05) is 19.2 Å². The minimum Gasteiger partial charge on any atom is -0.463 e. The molecule has 10 heteroatoms. The molecule has 1 aromatic rings. The molecular weight excluding hydrogens is 339 g/mol. The van der Waals surface area contributed by atoms with Gasteiger partial charge in [0.2, 0.25) is 11.5 Å². The fraction of sp³-hybridized carbons (Fsp3) is 0.615. The van der Waals surface area contributed by atoms with Crippen molar-refractivity contribution >= 4 is 15.7 Å². The number of halogens is 3. The van der Waals surface area contributed by atoms with Gasteiger partial charge in [0.15, 0.2) is 9.84 Å². The topological polar surface area (TPSA) is 96.6 Å². The van der Waals surface area contributed by atoms with E-state index in [2.05, 4.69) is 5.32 Å². The van der Waals surface area contributed by atoms with Gasteiger partial charge in [-0.05, 0) is 26.0 Å². The molecule has 0 bridgehead atoms. The molecule has 0 spiro atoms. The predicted molar refractivity (Wildman–Crippen MR) is 75.3 cm³/mol. The second kappa shape index (κ2) is 6.52. The number of sulfone groups is 1. The van der Waals surface area contributed by atoms with Crippen LogP contribution in [0, 0.1) is 6.92 Å². The van der Waals surface area contributed by atoms with E-state index in [4.69, 9.17) is 4.42 Å². The van der Waals surface area contributed by atoms with Gasteiger partial charge in [-0.1, -0.05) is 0 Å². The highest BCUT2D eigenvalue weighted by Gasteiger charge is 2.56. The number of aliphatic hydroxyl groups is 1. The Hall–Kier alpha value is -1.55. The van der Waals surface area contributed by atoms with Gasteiger partial charge in [0.1, 0.15) is 16.8 Å². The van der Waals surface area contributed by atoms with Crippen LogP contribution in [0.1, 0.15) is 24.9 Å². The van der Waals surface area contributed by atoms with E-state index in [-0.39, 0.29) is 5.76 Å². The summed E-state index contributed by atoms with van der Waals surface area (Å²) in [5, 5.41) is 10.6. The highest BCUT2D eigenvalue weighted by atomic mass is 32.2. The molecule has 0 aliphatic carbocycles. The van der Waals surface area contributed by atoms with Crippen LogP contribution in [0.25, 0.3) is 0 Å². The lowest BCUT2D eigenvalue weighted by Crippen LogP contribution is -2.46. The van der Waals surface area contributed by atoms with Gasteiger partial charge in [-0.15, -0.1) is 0 Å². The third-order valence-corrected chi connectivity index (χ3v) is 4.91. The molecule has 1 heterocycles. The molecular formula is C13H18F3NO5S. The number of carbonyl (C=O) groups excluding carboxylic acids is 1. The van der Waals surface area contributed by atoms with Crippen molar-refractivity contribution in [2.24, 2.45) is 0 Å². The Bertz CT molecular complexity index is 667. The highest BCUT2D eigenvalue weighted by Crippen LogP contribution is 2.41. The number of hydrogen-bond donors (Lipinski definition) is 2. The summed E-state index contributed by atoms with van der Waals surface area (Å²) in [5.41, 5.74) is -3.27. The van der Waals surface area contributed by atoms with E-state index in [0.29, 0.717) is 0 Å². The zero-order valence-electron chi connectivity index (χ0n) is 12.8. The number of amides is 1. The molecule has 0 saturated heterocycles. The second-order valence-corrected chi connectivity index (χ2v) is 7.65. The predicted octanol–water partition coefficient (Wildman–Crippen LogP) is 1.28. The first-order chi connectivity index (χ1) is 10.3. The van der Waals surface area contributed by atoms with Crippen LogP contribution >= 0.6 is 0 Å². The van der Waals surface area contributed by atoms with E-state index >= 15 is 0 Å². The molecule has 1 amide bonds. The fourth-order valence-corrected chi connectivity index (χ4v) is 2.24. The first kappa shape index (κ1) is 19.5. The molecule has 0 aromatic carbocycles. The summed E-state index contributed by atoms with van der Waals surface area (Å²) in [6.07, 6.45) is -5.09. The van der Waals surface area contributed by atoms with Crippen molar-refractivity contribution in [3.05, 3.63) is 23.7 Å². The molecule has 2 atom stereocenters. The second-order valence-electron chi connectivity index (χ2n) is 5.28. The Morgan fingerprint density at radius 1 is 1.39 bits per heavy atom. The summed E-state index contributed by atoms with van der Waals surface area (Å²) in [6.45, 7) is 1.97. The minimum absolute atomic E-state index is 0.192. The maximum absolute atomic E-state index is 13.2. The lowest BCUT2D eigenvalue weighted by Gasteiger charge is -2.28. The van der Waals surface area contributed by atoms with E-state index in [1.165, 1.54) is 13.0 Å².